The maximum atomic E-state index is 13.3. The van der Waals surface area contributed by atoms with E-state index in [9.17, 15) is 14.0 Å². The van der Waals surface area contributed by atoms with Crippen LogP contribution in [0.2, 0.25) is 0 Å². The molecule has 1 saturated heterocycles. The van der Waals surface area contributed by atoms with Gasteiger partial charge in [0.1, 0.15) is 11.9 Å². The van der Waals surface area contributed by atoms with Crippen LogP contribution in [0.4, 0.5) is 10.1 Å². The van der Waals surface area contributed by atoms with Gasteiger partial charge in [0, 0.05) is 15.7 Å². The zero-order valence-corrected chi connectivity index (χ0v) is 11.0. The van der Waals surface area contributed by atoms with Gasteiger partial charge in [0.05, 0.1) is 0 Å². The van der Waals surface area contributed by atoms with Crippen molar-refractivity contribution >= 4 is 40.1 Å². The van der Waals surface area contributed by atoms with Crippen LogP contribution < -0.4 is 10.6 Å². The molecular formula is C11H10FIN2O2. The molecular weight excluding hydrogens is 338 g/mol. The molecule has 1 aromatic carbocycles. The van der Waals surface area contributed by atoms with Gasteiger partial charge in [0.25, 0.3) is 0 Å². The SMILES string of the molecule is O=C1CCC(Nc2ccc(I)c(F)c2)C(=O)N1. The molecule has 1 aliphatic rings. The highest BCUT2D eigenvalue weighted by atomic mass is 127. The first-order valence-corrected chi connectivity index (χ1v) is 6.19. The number of carbonyl (C=O) groups is 2. The second kappa shape index (κ2) is 4.99. The number of carbonyl (C=O) groups excluding carboxylic acids is 2. The number of imide groups is 1. The van der Waals surface area contributed by atoms with E-state index in [0.29, 0.717) is 22.1 Å². The Kier molecular flexibility index (Phi) is 3.60. The average molecular weight is 348 g/mol. The quantitative estimate of drug-likeness (QED) is 0.631. The van der Waals surface area contributed by atoms with Gasteiger partial charge in [-0.05, 0) is 47.2 Å². The van der Waals surface area contributed by atoms with Gasteiger partial charge in [-0.15, -0.1) is 0 Å². The molecule has 0 bridgehead atoms. The topological polar surface area (TPSA) is 58.2 Å². The van der Waals surface area contributed by atoms with Crippen molar-refractivity contribution in [3.05, 3.63) is 27.6 Å². The molecule has 2 N–H and O–H groups in total. The average Bonchev–Trinajstić information content (AvgIpc) is 2.27. The number of hydrogen-bond donors (Lipinski definition) is 2. The molecule has 2 amide bonds. The lowest BCUT2D eigenvalue weighted by Crippen LogP contribution is -2.47. The summed E-state index contributed by atoms with van der Waals surface area (Å²) in [4.78, 5) is 22.4. The van der Waals surface area contributed by atoms with Crippen LogP contribution in [0.1, 0.15) is 12.8 Å². The lowest BCUT2D eigenvalue weighted by molar-refractivity contribution is -0.133. The van der Waals surface area contributed by atoms with E-state index < -0.39 is 6.04 Å². The largest absolute Gasteiger partial charge is 0.374 e. The van der Waals surface area contributed by atoms with Crippen molar-refractivity contribution in [2.75, 3.05) is 5.32 Å². The molecule has 0 aliphatic carbocycles. The van der Waals surface area contributed by atoms with E-state index in [1.807, 2.05) is 22.6 Å². The minimum Gasteiger partial charge on any atom is -0.374 e. The molecule has 0 saturated carbocycles. The number of hydrogen-bond acceptors (Lipinski definition) is 3. The summed E-state index contributed by atoms with van der Waals surface area (Å²) in [5.74, 6) is -0.954. The maximum Gasteiger partial charge on any atom is 0.249 e. The number of nitrogens with one attached hydrogen (secondary N) is 2. The van der Waals surface area contributed by atoms with Crippen LogP contribution in [-0.4, -0.2) is 17.9 Å². The van der Waals surface area contributed by atoms with Gasteiger partial charge in [-0.1, -0.05) is 0 Å². The first kappa shape index (κ1) is 12.3. The third-order valence-corrected chi connectivity index (χ3v) is 3.37. The van der Waals surface area contributed by atoms with Gasteiger partial charge in [0.15, 0.2) is 0 Å². The van der Waals surface area contributed by atoms with Gasteiger partial charge in [-0.2, -0.15) is 0 Å². The summed E-state index contributed by atoms with van der Waals surface area (Å²) in [5.41, 5.74) is 0.539. The number of benzene rings is 1. The maximum absolute atomic E-state index is 13.3. The third kappa shape index (κ3) is 2.93. The number of halogens is 2. The van der Waals surface area contributed by atoms with Crippen molar-refractivity contribution in [2.24, 2.45) is 0 Å². The molecule has 1 aliphatic heterocycles. The van der Waals surface area contributed by atoms with E-state index in [0.717, 1.165) is 0 Å². The minimum atomic E-state index is -0.479. The normalized spacial score (nSPS) is 20.0. The monoisotopic (exact) mass is 348 g/mol. The second-order valence-corrected chi connectivity index (χ2v) is 4.94. The van der Waals surface area contributed by atoms with Crippen LogP contribution in [-0.2, 0) is 9.59 Å². The summed E-state index contributed by atoms with van der Waals surface area (Å²) >= 11 is 1.89. The lowest BCUT2D eigenvalue weighted by Gasteiger charge is -2.22. The van der Waals surface area contributed by atoms with E-state index in [4.69, 9.17) is 0 Å². The summed E-state index contributed by atoms with van der Waals surface area (Å²) in [7, 11) is 0. The van der Waals surface area contributed by atoms with Gasteiger partial charge >= 0.3 is 0 Å². The highest BCUT2D eigenvalue weighted by molar-refractivity contribution is 14.1. The molecule has 1 heterocycles. The Bertz CT molecular complexity index is 479. The van der Waals surface area contributed by atoms with Gasteiger partial charge in [0.2, 0.25) is 11.8 Å². The zero-order valence-electron chi connectivity index (χ0n) is 8.80. The Balaban J connectivity index is 2.08. The molecule has 1 atom stereocenters. The number of piperidine rings is 1. The number of rotatable bonds is 2. The molecule has 0 aromatic heterocycles. The summed E-state index contributed by atoms with van der Waals surface area (Å²) in [6.07, 6.45) is 0.731. The highest BCUT2D eigenvalue weighted by Crippen LogP contribution is 2.18. The van der Waals surface area contributed by atoms with Crippen LogP contribution in [0.5, 0.6) is 0 Å². The summed E-state index contributed by atoms with van der Waals surface area (Å²) in [6, 6.07) is 4.19. The van der Waals surface area contributed by atoms with E-state index in [1.165, 1.54) is 6.07 Å². The van der Waals surface area contributed by atoms with Crippen LogP contribution in [0.25, 0.3) is 0 Å². The van der Waals surface area contributed by atoms with Crippen LogP contribution in [0.15, 0.2) is 18.2 Å². The van der Waals surface area contributed by atoms with Crippen LogP contribution in [0.3, 0.4) is 0 Å². The molecule has 90 valence electrons. The molecule has 6 heteroatoms. The highest BCUT2D eigenvalue weighted by Gasteiger charge is 2.26. The molecule has 1 aromatic rings. The summed E-state index contributed by atoms with van der Waals surface area (Å²) in [6.45, 7) is 0. The fourth-order valence-electron chi connectivity index (χ4n) is 1.62. The Morgan fingerprint density at radius 1 is 1.41 bits per heavy atom. The van der Waals surface area contributed by atoms with Crippen molar-refractivity contribution in [1.29, 1.82) is 0 Å². The van der Waals surface area contributed by atoms with E-state index >= 15 is 0 Å². The molecule has 0 spiro atoms. The third-order valence-electron chi connectivity index (χ3n) is 2.50. The molecule has 1 fully saturated rings. The summed E-state index contributed by atoms with van der Waals surface area (Å²) < 4.78 is 13.8. The van der Waals surface area contributed by atoms with Crippen molar-refractivity contribution < 1.29 is 14.0 Å². The lowest BCUT2D eigenvalue weighted by atomic mass is 10.1. The van der Waals surface area contributed by atoms with Crippen molar-refractivity contribution in [3.63, 3.8) is 0 Å². The molecule has 2 rings (SSSR count). The molecule has 4 nitrogen and oxygen atoms in total. The standard InChI is InChI=1S/C11H10FIN2O2/c12-7-5-6(1-2-8(7)13)14-9-3-4-10(16)15-11(9)17/h1-2,5,9,14H,3-4H2,(H,15,16,17). The second-order valence-electron chi connectivity index (χ2n) is 3.78. The van der Waals surface area contributed by atoms with Gasteiger partial charge in [-0.3, -0.25) is 14.9 Å². The Hall–Kier alpha value is -1.18. The minimum absolute atomic E-state index is 0.262. The predicted octanol–water partition coefficient (Wildman–Crippen LogP) is 1.65. The van der Waals surface area contributed by atoms with Crippen LogP contribution in [0, 0.1) is 9.39 Å². The molecule has 17 heavy (non-hydrogen) atoms. The van der Waals surface area contributed by atoms with E-state index in [-0.39, 0.29) is 17.6 Å². The van der Waals surface area contributed by atoms with Crippen molar-refractivity contribution in [2.45, 2.75) is 18.9 Å². The van der Waals surface area contributed by atoms with Gasteiger partial charge < -0.3 is 5.32 Å². The van der Waals surface area contributed by atoms with Crippen LogP contribution >= 0.6 is 22.6 Å². The van der Waals surface area contributed by atoms with Gasteiger partial charge in [-0.25, -0.2) is 4.39 Å². The van der Waals surface area contributed by atoms with Crippen molar-refractivity contribution in [3.8, 4) is 0 Å². The first-order valence-electron chi connectivity index (χ1n) is 5.11. The number of amides is 2. The molecule has 0 radical (unpaired) electrons. The smallest absolute Gasteiger partial charge is 0.249 e. The molecule has 1 unspecified atom stereocenters. The Morgan fingerprint density at radius 3 is 2.82 bits per heavy atom. The Labute approximate surface area is 111 Å². The first-order chi connectivity index (χ1) is 8.06. The fourth-order valence-corrected chi connectivity index (χ4v) is 1.95. The summed E-state index contributed by atoms with van der Waals surface area (Å²) in [5, 5.41) is 5.15. The fraction of sp³-hybridized carbons (Fsp3) is 0.273. The van der Waals surface area contributed by atoms with E-state index in [1.54, 1.807) is 12.1 Å². The van der Waals surface area contributed by atoms with E-state index in [2.05, 4.69) is 10.6 Å². The van der Waals surface area contributed by atoms with Crippen molar-refractivity contribution in [1.82, 2.24) is 5.32 Å². The predicted molar refractivity (Wildman–Crippen MR) is 68.9 cm³/mol. The zero-order chi connectivity index (χ0) is 12.4. The number of anilines is 1. The Morgan fingerprint density at radius 2 is 2.18 bits per heavy atom.